The van der Waals surface area contributed by atoms with Gasteiger partial charge in [-0.25, -0.2) is 12.8 Å². The molecule has 1 aliphatic rings. The highest BCUT2D eigenvalue weighted by Gasteiger charge is 2.35. The van der Waals surface area contributed by atoms with Crippen LogP contribution in [0.2, 0.25) is 5.02 Å². The van der Waals surface area contributed by atoms with Gasteiger partial charge in [0.1, 0.15) is 17.3 Å². The number of nitrogens with zero attached hydrogens (tertiary/aromatic N) is 1. The van der Waals surface area contributed by atoms with Crippen molar-refractivity contribution >= 4 is 27.3 Å². The Balaban J connectivity index is 1.77. The molecule has 1 saturated heterocycles. The van der Waals surface area contributed by atoms with Gasteiger partial charge < -0.3 is 14.4 Å². The van der Waals surface area contributed by atoms with Crippen molar-refractivity contribution < 1.29 is 27.1 Å². The van der Waals surface area contributed by atoms with Crippen LogP contribution in [0.1, 0.15) is 12.0 Å². The van der Waals surface area contributed by atoms with Gasteiger partial charge in [-0.1, -0.05) is 17.7 Å². The van der Waals surface area contributed by atoms with E-state index in [0.29, 0.717) is 17.9 Å². The molecule has 3 rings (SSSR count). The first-order chi connectivity index (χ1) is 13.8. The van der Waals surface area contributed by atoms with Gasteiger partial charge in [0.15, 0.2) is 16.4 Å². The highest BCUT2D eigenvalue weighted by molar-refractivity contribution is 7.91. The van der Waals surface area contributed by atoms with E-state index >= 15 is 0 Å². The molecule has 1 fully saturated rings. The van der Waals surface area contributed by atoms with Crippen LogP contribution in [0.4, 0.5) is 4.39 Å². The second kappa shape index (κ2) is 9.00. The number of hydrogen-bond donors (Lipinski definition) is 0. The van der Waals surface area contributed by atoms with Gasteiger partial charge in [0.2, 0.25) is 0 Å². The van der Waals surface area contributed by atoms with Crippen molar-refractivity contribution in [2.24, 2.45) is 0 Å². The molecule has 156 valence electrons. The first kappa shape index (κ1) is 21.4. The van der Waals surface area contributed by atoms with Crippen LogP contribution < -0.4 is 9.47 Å². The van der Waals surface area contributed by atoms with E-state index in [1.54, 1.807) is 31.4 Å². The molecule has 1 unspecified atom stereocenters. The van der Waals surface area contributed by atoms with Crippen molar-refractivity contribution in [3.8, 4) is 11.5 Å². The monoisotopic (exact) mass is 441 g/mol. The lowest BCUT2D eigenvalue weighted by atomic mass is 10.1. The van der Waals surface area contributed by atoms with Gasteiger partial charge in [0.05, 0.1) is 25.2 Å². The van der Waals surface area contributed by atoms with Gasteiger partial charge in [-0.15, -0.1) is 0 Å². The first-order valence-corrected chi connectivity index (χ1v) is 11.2. The number of methoxy groups -OCH3 is 1. The average Bonchev–Trinajstić information content (AvgIpc) is 3.05. The van der Waals surface area contributed by atoms with E-state index in [1.807, 2.05) is 0 Å². The van der Waals surface area contributed by atoms with Gasteiger partial charge in [-0.3, -0.25) is 4.79 Å². The summed E-state index contributed by atoms with van der Waals surface area (Å²) in [6.45, 7) is -0.439. The van der Waals surface area contributed by atoms with Crippen LogP contribution >= 0.6 is 11.6 Å². The quantitative estimate of drug-likeness (QED) is 0.660. The Hall–Kier alpha value is -2.32. The third-order valence-corrected chi connectivity index (χ3v) is 6.89. The molecule has 29 heavy (non-hydrogen) atoms. The number of amides is 1. The first-order valence-electron chi connectivity index (χ1n) is 8.98. The Morgan fingerprint density at radius 3 is 2.48 bits per heavy atom. The minimum atomic E-state index is -3.24. The summed E-state index contributed by atoms with van der Waals surface area (Å²) < 4.78 is 48.7. The topological polar surface area (TPSA) is 72.9 Å². The van der Waals surface area contributed by atoms with E-state index in [9.17, 15) is 17.6 Å². The Bertz CT molecular complexity index is 961. The smallest absolute Gasteiger partial charge is 0.261 e. The lowest BCUT2D eigenvalue weighted by molar-refractivity contribution is -0.136. The summed E-state index contributed by atoms with van der Waals surface area (Å²) in [6.07, 6.45) is 0.294. The van der Waals surface area contributed by atoms with Crippen molar-refractivity contribution in [1.82, 2.24) is 4.90 Å². The van der Waals surface area contributed by atoms with Crippen LogP contribution in [0, 0.1) is 5.82 Å². The molecule has 0 spiro atoms. The fourth-order valence-corrected chi connectivity index (χ4v) is 5.15. The van der Waals surface area contributed by atoms with Crippen LogP contribution in [0.15, 0.2) is 42.5 Å². The zero-order chi connectivity index (χ0) is 21.0. The molecule has 0 N–H and O–H groups in total. The zero-order valence-corrected chi connectivity index (χ0v) is 17.4. The number of halogens is 2. The van der Waals surface area contributed by atoms with Crippen LogP contribution in [0.3, 0.4) is 0 Å². The normalized spacial score (nSPS) is 17.7. The van der Waals surface area contributed by atoms with Crippen molar-refractivity contribution in [2.45, 2.75) is 19.0 Å². The van der Waals surface area contributed by atoms with Gasteiger partial charge in [0.25, 0.3) is 5.91 Å². The number of sulfone groups is 1. The molecular weight excluding hydrogens is 421 g/mol. The number of carbonyl (C=O) groups excluding carboxylic acids is 1. The van der Waals surface area contributed by atoms with E-state index in [-0.39, 0.29) is 35.2 Å². The standard InChI is InChI=1S/C20H21ClFNO5S/c1-27-15-5-7-16(8-6-15)28-12-20(24)23(14-9-10-29(25,26)13-14)11-17-18(21)3-2-4-19(17)22/h2-8,14H,9-13H2,1H3. The summed E-state index contributed by atoms with van der Waals surface area (Å²) in [4.78, 5) is 14.2. The molecule has 1 aliphatic heterocycles. The van der Waals surface area contributed by atoms with Gasteiger partial charge in [-0.2, -0.15) is 0 Å². The summed E-state index contributed by atoms with van der Waals surface area (Å²) in [6, 6.07) is 10.4. The van der Waals surface area contributed by atoms with Crippen LogP contribution in [0.25, 0.3) is 0 Å². The van der Waals surface area contributed by atoms with E-state index in [0.717, 1.165) is 0 Å². The maximum atomic E-state index is 14.3. The minimum absolute atomic E-state index is 0.00815. The lowest BCUT2D eigenvalue weighted by Crippen LogP contribution is -2.43. The fourth-order valence-electron chi connectivity index (χ4n) is 3.20. The fraction of sp³-hybridized carbons (Fsp3) is 0.350. The van der Waals surface area contributed by atoms with Gasteiger partial charge in [-0.05, 0) is 42.8 Å². The largest absolute Gasteiger partial charge is 0.497 e. The Kier molecular flexibility index (Phi) is 6.64. The Morgan fingerprint density at radius 2 is 1.90 bits per heavy atom. The second-order valence-corrected chi connectivity index (χ2v) is 9.38. The molecule has 0 aromatic heterocycles. The summed E-state index contributed by atoms with van der Waals surface area (Å²) in [5.74, 6) is -0.0498. The number of benzene rings is 2. The molecule has 0 bridgehead atoms. The molecule has 0 radical (unpaired) electrons. The molecule has 9 heteroatoms. The van der Waals surface area contributed by atoms with E-state index < -0.39 is 27.6 Å². The minimum Gasteiger partial charge on any atom is -0.497 e. The molecule has 1 heterocycles. The summed E-state index contributed by atoms with van der Waals surface area (Å²) >= 11 is 6.10. The molecule has 2 aromatic rings. The molecule has 2 aromatic carbocycles. The third kappa shape index (κ3) is 5.39. The van der Waals surface area contributed by atoms with Crippen molar-refractivity contribution in [3.05, 3.63) is 58.9 Å². The Morgan fingerprint density at radius 1 is 1.21 bits per heavy atom. The average molecular weight is 442 g/mol. The lowest BCUT2D eigenvalue weighted by Gasteiger charge is -2.29. The number of rotatable bonds is 7. The van der Waals surface area contributed by atoms with E-state index in [1.165, 1.54) is 23.1 Å². The van der Waals surface area contributed by atoms with Crippen LogP contribution in [-0.4, -0.2) is 50.5 Å². The molecular formula is C20H21ClFNO5S. The molecule has 1 amide bonds. The number of ether oxygens (including phenoxy) is 2. The van der Waals surface area contributed by atoms with Crippen LogP contribution in [0.5, 0.6) is 11.5 Å². The van der Waals surface area contributed by atoms with Gasteiger partial charge >= 0.3 is 0 Å². The van der Waals surface area contributed by atoms with Gasteiger partial charge in [0, 0.05) is 16.6 Å². The van der Waals surface area contributed by atoms with E-state index in [2.05, 4.69) is 0 Å². The molecule has 0 saturated carbocycles. The van der Waals surface area contributed by atoms with Crippen molar-refractivity contribution in [1.29, 1.82) is 0 Å². The predicted molar refractivity (Wildman–Crippen MR) is 108 cm³/mol. The van der Waals surface area contributed by atoms with Crippen LogP contribution in [-0.2, 0) is 21.2 Å². The van der Waals surface area contributed by atoms with Crippen molar-refractivity contribution in [3.63, 3.8) is 0 Å². The van der Waals surface area contributed by atoms with Crippen molar-refractivity contribution in [2.75, 3.05) is 25.2 Å². The van der Waals surface area contributed by atoms with E-state index in [4.69, 9.17) is 21.1 Å². The SMILES string of the molecule is COc1ccc(OCC(=O)N(Cc2c(F)cccc2Cl)C2CCS(=O)(=O)C2)cc1. The number of carbonyl (C=O) groups is 1. The third-order valence-electron chi connectivity index (χ3n) is 4.78. The zero-order valence-electron chi connectivity index (χ0n) is 15.8. The predicted octanol–water partition coefficient (Wildman–Crippen LogP) is 3.08. The highest BCUT2D eigenvalue weighted by Crippen LogP contribution is 2.26. The molecule has 0 aliphatic carbocycles. The summed E-state index contributed by atoms with van der Waals surface area (Å²) in [7, 11) is -1.69. The highest BCUT2D eigenvalue weighted by atomic mass is 35.5. The maximum absolute atomic E-state index is 14.3. The Labute approximate surface area is 174 Å². The maximum Gasteiger partial charge on any atom is 0.261 e. The number of hydrogen-bond acceptors (Lipinski definition) is 5. The molecule has 6 nitrogen and oxygen atoms in total. The summed E-state index contributed by atoms with van der Waals surface area (Å²) in [5, 5.41) is 0.180. The second-order valence-electron chi connectivity index (χ2n) is 6.74. The molecule has 1 atom stereocenters. The summed E-state index contributed by atoms with van der Waals surface area (Å²) in [5.41, 5.74) is 0.149.